The lowest BCUT2D eigenvalue weighted by Crippen LogP contribution is -2.22. The molecule has 0 fully saturated rings. The molecule has 1 rings (SSSR count). The van der Waals surface area contributed by atoms with Crippen LogP contribution in [0.15, 0.2) is 23.0 Å². The van der Waals surface area contributed by atoms with E-state index in [-0.39, 0.29) is 18.9 Å². The van der Waals surface area contributed by atoms with E-state index in [0.29, 0.717) is 26.2 Å². The molecule has 0 unspecified atom stereocenters. The summed E-state index contributed by atoms with van der Waals surface area (Å²) in [6, 6.07) is 0. The lowest BCUT2D eigenvalue weighted by molar-refractivity contribution is -0.140. The Morgan fingerprint density at radius 3 is 2.95 bits per heavy atom. The molecule has 21 heavy (non-hydrogen) atoms. The van der Waals surface area contributed by atoms with Crippen molar-refractivity contribution >= 4 is 5.97 Å². The van der Waals surface area contributed by atoms with Crippen molar-refractivity contribution in [2.75, 3.05) is 33.0 Å². The fourth-order valence-electron chi connectivity index (χ4n) is 2.05. The first-order valence-corrected chi connectivity index (χ1v) is 7.47. The van der Waals surface area contributed by atoms with Gasteiger partial charge in [0.1, 0.15) is 12.3 Å². The number of aliphatic hydroxyl groups excluding tert-OH is 1. The Balaban J connectivity index is 2.53. The van der Waals surface area contributed by atoms with E-state index in [0.717, 1.165) is 30.5 Å². The summed E-state index contributed by atoms with van der Waals surface area (Å²) >= 11 is 0. The predicted octanol–water partition coefficient (Wildman–Crippen LogP) is 0.819. The Bertz CT molecular complexity index is 391. The van der Waals surface area contributed by atoms with Crippen LogP contribution in [0.2, 0.25) is 0 Å². The second-order valence-corrected chi connectivity index (χ2v) is 4.80. The maximum absolute atomic E-state index is 11.8. The van der Waals surface area contributed by atoms with Crippen LogP contribution in [0.25, 0.3) is 0 Å². The van der Waals surface area contributed by atoms with Gasteiger partial charge in [-0.15, -0.1) is 0 Å². The average molecular weight is 298 g/mol. The number of hydrogen-bond acceptors (Lipinski definition) is 6. The standard InChI is InChI=1S/C15H26N2O4/c1-2-20-9-10-21-15(19)14(16)12-5-3-6-13(11-12)17-7-4-8-18/h11,17-18H,2-10,16H2,1H3/b14-12+. The van der Waals surface area contributed by atoms with Crippen LogP contribution in [-0.2, 0) is 14.3 Å². The van der Waals surface area contributed by atoms with Crippen LogP contribution in [0.3, 0.4) is 0 Å². The zero-order valence-electron chi connectivity index (χ0n) is 12.7. The van der Waals surface area contributed by atoms with Crippen LogP contribution < -0.4 is 11.1 Å². The summed E-state index contributed by atoms with van der Waals surface area (Å²) in [5, 5.41) is 12.0. The zero-order valence-corrected chi connectivity index (χ0v) is 12.7. The van der Waals surface area contributed by atoms with E-state index in [1.165, 1.54) is 0 Å². The lowest BCUT2D eigenvalue weighted by atomic mass is 9.97. The summed E-state index contributed by atoms with van der Waals surface area (Å²) in [7, 11) is 0. The summed E-state index contributed by atoms with van der Waals surface area (Å²) in [6.45, 7) is 3.96. The highest BCUT2D eigenvalue weighted by atomic mass is 16.6. The van der Waals surface area contributed by atoms with Crippen molar-refractivity contribution in [1.29, 1.82) is 0 Å². The fourth-order valence-corrected chi connectivity index (χ4v) is 2.05. The SMILES string of the molecule is CCOCCOC(=O)/C(N)=C1\C=C(NCCCO)CCC1. The molecule has 6 heteroatoms. The molecular formula is C15H26N2O4. The maximum atomic E-state index is 11.8. The number of esters is 1. The second kappa shape index (κ2) is 10.2. The molecule has 0 aromatic heterocycles. The van der Waals surface area contributed by atoms with Crippen LogP contribution in [0.4, 0.5) is 0 Å². The highest BCUT2D eigenvalue weighted by Crippen LogP contribution is 2.22. The Morgan fingerprint density at radius 1 is 1.43 bits per heavy atom. The molecule has 0 spiro atoms. The number of nitrogens with two attached hydrogens (primary N) is 1. The molecule has 0 heterocycles. The quantitative estimate of drug-likeness (QED) is 0.331. The van der Waals surface area contributed by atoms with E-state index in [2.05, 4.69) is 5.32 Å². The van der Waals surface area contributed by atoms with E-state index in [1.807, 2.05) is 13.0 Å². The van der Waals surface area contributed by atoms with Crippen molar-refractivity contribution in [3.8, 4) is 0 Å². The molecule has 0 aromatic carbocycles. The molecule has 6 nitrogen and oxygen atoms in total. The van der Waals surface area contributed by atoms with Gasteiger partial charge >= 0.3 is 5.97 Å². The van der Waals surface area contributed by atoms with Gasteiger partial charge in [0.15, 0.2) is 0 Å². The van der Waals surface area contributed by atoms with Gasteiger partial charge in [-0.05, 0) is 44.3 Å². The summed E-state index contributed by atoms with van der Waals surface area (Å²) < 4.78 is 10.2. The molecule has 120 valence electrons. The largest absolute Gasteiger partial charge is 0.459 e. The monoisotopic (exact) mass is 298 g/mol. The molecule has 0 atom stereocenters. The summed E-state index contributed by atoms with van der Waals surface area (Å²) in [6.07, 6.45) is 5.27. The van der Waals surface area contributed by atoms with Gasteiger partial charge in [0.05, 0.1) is 6.61 Å². The molecule has 4 N–H and O–H groups in total. The number of aliphatic hydroxyl groups is 1. The summed E-state index contributed by atoms with van der Waals surface area (Å²) in [5.41, 5.74) is 7.91. The number of ether oxygens (including phenoxy) is 2. The lowest BCUT2D eigenvalue weighted by Gasteiger charge is -2.18. The number of rotatable bonds is 9. The minimum absolute atomic E-state index is 0.164. The van der Waals surface area contributed by atoms with Crippen LogP contribution in [0, 0.1) is 0 Å². The van der Waals surface area contributed by atoms with Gasteiger partial charge in [-0.2, -0.15) is 0 Å². The molecule has 0 saturated carbocycles. The highest BCUT2D eigenvalue weighted by Gasteiger charge is 2.16. The van der Waals surface area contributed by atoms with Crippen molar-refractivity contribution in [3.05, 3.63) is 23.0 Å². The Labute approximate surface area is 126 Å². The van der Waals surface area contributed by atoms with Gasteiger partial charge in [0.2, 0.25) is 0 Å². The van der Waals surface area contributed by atoms with Gasteiger partial charge in [-0.1, -0.05) is 0 Å². The van der Waals surface area contributed by atoms with E-state index in [1.54, 1.807) is 0 Å². The van der Waals surface area contributed by atoms with E-state index in [9.17, 15) is 4.79 Å². The predicted molar refractivity (Wildman–Crippen MR) is 80.3 cm³/mol. The van der Waals surface area contributed by atoms with Crippen LogP contribution in [0.1, 0.15) is 32.6 Å². The van der Waals surface area contributed by atoms with Gasteiger partial charge in [0.25, 0.3) is 0 Å². The molecule has 0 saturated heterocycles. The van der Waals surface area contributed by atoms with Crippen molar-refractivity contribution in [2.45, 2.75) is 32.6 Å². The number of carbonyl (C=O) groups is 1. The Morgan fingerprint density at radius 2 is 2.24 bits per heavy atom. The third-order valence-corrected chi connectivity index (χ3v) is 3.16. The first-order chi connectivity index (χ1) is 10.2. The van der Waals surface area contributed by atoms with Crippen molar-refractivity contribution in [3.63, 3.8) is 0 Å². The minimum atomic E-state index is -0.488. The summed E-state index contributed by atoms with van der Waals surface area (Å²) in [4.78, 5) is 11.8. The van der Waals surface area contributed by atoms with Crippen LogP contribution in [-0.4, -0.2) is 44.0 Å². The molecular weight excluding hydrogens is 272 g/mol. The highest BCUT2D eigenvalue weighted by molar-refractivity contribution is 5.88. The van der Waals surface area contributed by atoms with Gasteiger partial charge in [-0.25, -0.2) is 4.79 Å². The third-order valence-electron chi connectivity index (χ3n) is 3.16. The smallest absolute Gasteiger partial charge is 0.354 e. The van der Waals surface area contributed by atoms with Crippen LogP contribution in [0.5, 0.6) is 0 Å². The van der Waals surface area contributed by atoms with E-state index < -0.39 is 5.97 Å². The second-order valence-electron chi connectivity index (χ2n) is 4.80. The molecule has 1 aliphatic carbocycles. The van der Waals surface area contributed by atoms with E-state index in [4.69, 9.17) is 20.3 Å². The summed E-state index contributed by atoms with van der Waals surface area (Å²) in [5.74, 6) is -0.488. The fraction of sp³-hybridized carbons (Fsp3) is 0.667. The average Bonchev–Trinajstić information content (AvgIpc) is 2.51. The zero-order chi connectivity index (χ0) is 15.5. The number of hydrogen-bond donors (Lipinski definition) is 3. The number of carbonyl (C=O) groups excluding carboxylic acids is 1. The molecule has 1 aliphatic rings. The minimum Gasteiger partial charge on any atom is -0.459 e. The van der Waals surface area contributed by atoms with Crippen molar-refractivity contribution < 1.29 is 19.4 Å². The van der Waals surface area contributed by atoms with Crippen molar-refractivity contribution in [1.82, 2.24) is 5.32 Å². The first-order valence-electron chi connectivity index (χ1n) is 7.47. The van der Waals surface area contributed by atoms with E-state index >= 15 is 0 Å². The maximum Gasteiger partial charge on any atom is 0.354 e. The first kappa shape index (κ1) is 17.5. The molecule has 0 aromatic rings. The normalized spacial score (nSPS) is 17.1. The van der Waals surface area contributed by atoms with Gasteiger partial charge in [-0.3, -0.25) is 0 Å². The topological polar surface area (TPSA) is 93.8 Å². The molecule has 0 radical (unpaired) electrons. The molecule has 0 aliphatic heterocycles. The Kier molecular flexibility index (Phi) is 8.54. The van der Waals surface area contributed by atoms with Crippen LogP contribution >= 0.6 is 0 Å². The molecule has 0 bridgehead atoms. The number of nitrogens with one attached hydrogen (secondary N) is 1. The van der Waals surface area contributed by atoms with Gasteiger partial charge in [0, 0.05) is 25.5 Å². The molecule has 0 amide bonds. The van der Waals surface area contributed by atoms with Crippen molar-refractivity contribution in [2.24, 2.45) is 5.73 Å². The Hall–Kier alpha value is -1.53. The van der Waals surface area contributed by atoms with Gasteiger partial charge < -0.3 is 25.6 Å². The third kappa shape index (κ3) is 6.64. The number of allylic oxidation sites excluding steroid dienone is 3.